The number of aryl methyl sites for hydroxylation is 1. The molecule has 4 aromatic rings. The summed E-state index contributed by atoms with van der Waals surface area (Å²) in [5, 5.41) is 5.28. The van der Waals surface area contributed by atoms with Gasteiger partial charge < -0.3 is 15.5 Å². The lowest BCUT2D eigenvalue weighted by Gasteiger charge is -2.16. The van der Waals surface area contributed by atoms with Crippen LogP contribution >= 0.6 is 11.6 Å². The molecule has 37 heavy (non-hydrogen) atoms. The van der Waals surface area contributed by atoms with Crippen molar-refractivity contribution in [2.45, 2.75) is 25.9 Å². The van der Waals surface area contributed by atoms with Crippen molar-refractivity contribution in [2.24, 2.45) is 0 Å². The molecule has 0 saturated carbocycles. The van der Waals surface area contributed by atoms with E-state index < -0.39 is 22.7 Å². The zero-order valence-corrected chi connectivity index (χ0v) is 20.4. The molecule has 0 bridgehead atoms. The Labute approximate surface area is 214 Å². The maximum Gasteiger partial charge on any atom is 0.417 e. The number of alkyl halides is 3. The number of aromatic nitrogens is 4. The van der Waals surface area contributed by atoms with Gasteiger partial charge in [-0.25, -0.2) is 19.9 Å². The molecular weight excluding hydrogens is 507 g/mol. The first-order valence-electron chi connectivity index (χ1n) is 11.5. The van der Waals surface area contributed by atoms with Crippen molar-refractivity contribution in [3.05, 3.63) is 70.6 Å². The smallest absolute Gasteiger partial charge is 0.341 e. The van der Waals surface area contributed by atoms with Crippen LogP contribution in [0.5, 0.6) is 0 Å². The number of fused-ring (bicyclic) bond motifs is 1. The maximum atomic E-state index is 13.2. The summed E-state index contributed by atoms with van der Waals surface area (Å²) < 4.78 is 39.6. The number of rotatable bonds is 5. The minimum Gasteiger partial charge on any atom is -0.341 e. The molecule has 3 heterocycles. The van der Waals surface area contributed by atoms with E-state index in [1.165, 1.54) is 12.4 Å². The van der Waals surface area contributed by atoms with Crippen LogP contribution in [0.3, 0.4) is 0 Å². The lowest BCUT2D eigenvalue weighted by molar-refractivity contribution is -0.137. The van der Waals surface area contributed by atoms with Crippen molar-refractivity contribution in [2.75, 3.05) is 28.6 Å². The second-order valence-corrected chi connectivity index (χ2v) is 9.03. The SMILES string of the molecule is Cc1ccc(C(=O)Nc2ccc(Cl)c(C(F)(F)F)c2)cc1Nc1ncnc2cnc(N3CCCC3)nc12. The van der Waals surface area contributed by atoms with E-state index in [9.17, 15) is 18.0 Å². The second-order valence-electron chi connectivity index (χ2n) is 8.62. The fourth-order valence-electron chi connectivity index (χ4n) is 4.05. The highest BCUT2D eigenvalue weighted by Crippen LogP contribution is 2.36. The number of carbonyl (C=O) groups excluding carboxylic acids is 1. The minimum atomic E-state index is -4.64. The highest BCUT2D eigenvalue weighted by molar-refractivity contribution is 6.31. The van der Waals surface area contributed by atoms with Crippen LogP contribution in [0.1, 0.15) is 34.3 Å². The third kappa shape index (κ3) is 5.26. The van der Waals surface area contributed by atoms with Crippen LogP contribution in [-0.4, -0.2) is 38.9 Å². The Kier molecular flexibility index (Phi) is 6.55. The molecule has 2 aromatic heterocycles. The van der Waals surface area contributed by atoms with E-state index in [0.717, 1.165) is 43.6 Å². The Balaban J connectivity index is 1.42. The molecule has 1 amide bonds. The molecule has 2 aromatic carbocycles. The van der Waals surface area contributed by atoms with Crippen LogP contribution in [0.15, 0.2) is 48.9 Å². The van der Waals surface area contributed by atoms with Crippen molar-refractivity contribution in [3.8, 4) is 0 Å². The zero-order chi connectivity index (χ0) is 26.2. The fraction of sp³-hybridized carbons (Fsp3) is 0.240. The van der Waals surface area contributed by atoms with Gasteiger partial charge in [0.2, 0.25) is 5.95 Å². The van der Waals surface area contributed by atoms with Crippen molar-refractivity contribution in [1.82, 2.24) is 19.9 Å². The van der Waals surface area contributed by atoms with E-state index in [0.29, 0.717) is 28.5 Å². The van der Waals surface area contributed by atoms with E-state index in [1.807, 2.05) is 6.92 Å². The molecule has 5 rings (SSSR count). The number of halogens is 4. The number of hydrogen-bond donors (Lipinski definition) is 2. The third-order valence-corrected chi connectivity index (χ3v) is 6.37. The summed E-state index contributed by atoms with van der Waals surface area (Å²) in [5.41, 5.74) is 1.70. The normalized spacial score (nSPS) is 13.7. The molecule has 2 N–H and O–H groups in total. The molecule has 0 atom stereocenters. The molecule has 1 fully saturated rings. The van der Waals surface area contributed by atoms with E-state index >= 15 is 0 Å². The first-order chi connectivity index (χ1) is 17.7. The standard InChI is InChI=1S/C25H21ClF3N7O/c1-14-4-5-15(23(37)33-16-6-7-18(26)17(11-16)25(27,28)29)10-19(14)34-22-21-20(31-13-32-22)12-30-24(35-21)36-8-2-3-9-36/h4-7,10-13H,2-3,8-9H2,1H3,(H,33,37)(H,31,32,34). The van der Waals surface area contributed by atoms with Gasteiger partial charge in [0.05, 0.1) is 16.8 Å². The largest absolute Gasteiger partial charge is 0.417 e. The van der Waals surface area contributed by atoms with Gasteiger partial charge in [-0.3, -0.25) is 4.79 Å². The molecule has 0 radical (unpaired) electrons. The summed E-state index contributed by atoms with van der Waals surface area (Å²) >= 11 is 5.67. The van der Waals surface area contributed by atoms with Gasteiger partial charge in [-0.15, -0.1) is 0 Å². The first-order valence-corrected chi connectivity index (χ1v) is 11.9. The van der Waals surface area contributed by atoms with Gasteiger partial charge in [-0.05, 0) is 55.7 Å². The summed E-state index contributed by atoms with van der Waals surface area (Å²) in [7, 11) is 0. The van der Waals surface area contributed by atoms with Crippen LogP contribution < -0.4 is 15.5 Å². The molecule has 1 saturated heterocycles. The lowest BCUT2D eigenvalue weighted by atomic mass is 10.1. The molecule has 190 valence electrons. The molecule has 0 spiro atoms. The van der Waals surface area contributed by atoms with Gasteiger partial charge >= 0.3 is 6.18 Å². The fourth-order valence-corrected chi connectivity index (χ4v) is 4.28. The van der Waals surface area contributed by atoms with Gasteiger partial charge in [0.25, 0.3) is 5.91 Å². The first kappa shape index (κ1) is 24.7. The monoisotopic (exact) mass is 527 g/mol. The minimum absolute atomic E-state index is 0.0234. The molecule has 12 heteroatoms. The number of nitrogens with zero attached hydrogens (tertiary/aromatic N) is 5. The number of carbonyl (C=O) groups is 1. The zero-order valence-electron chi connectivity index (χ0n) is 19.6. The summed E-state index contributed by atoms with van der Waals surface area (Å²) in [6, 6.07) is 8.13. The molecule has 0 aliphatic carbocycles. The molecule has 1 aliphatic rings. The van der Waals surface area contributed by atoms with E-state index in [4.69, 9.17) is 11.6 Å². The van der Waals surface area contributed by atoms with Gasteiger partial charge in [0, 0.05) is 30.0 Å². The number of benzene rings is 2. The van der Waals surface area contributed by atoms with E-state index in [2.05, 4.69) is 35.5 Å². The molecule has 8 nitrogen and oxygen atoms in total. The van der Waals surface area contributed by atoms with Crippen LogP contribution in [0, 0.1) is 6.92 Å². The Bertz CT molecular complexity index is 1490. The topological polar surface area (TPSA) is 95.9 Å². The highest BCUT2D eigenvalue weighted by atomic mass is 35.5. The van der Waals surface area contributed by atoms with Gasteiger partial charge in [-0.1, -0.05) is 17.7 Å². The van der Waals surface area contributed by atoms with Crippen LogP contribution in [0.2, 0.25) is 5.02 Å². The lowest BCUT2D eigenvalue weighted by Crippen LogP contribution is -2.20. The third-order valence-electron chi connectivity index (χ3n) is 6.04. The van der Waals surface area contributed by atoms with Crippen molar-refractivity contribution < 1.29 is 18.0 Å². The number of anilines is 4. The molecular formula is C25H21ClF3N7O. The molecule has 0 unspecified atom stereocenters. The summed E-state index contributed by atoms with van der Waals surface area (Å²) in [6.45, 7) is 3.62. The van der Waals surface area contributed by atoms with Gasteiger partial charge in [0.15, 0.2) is 5.82 Å². The highest BCUT2D eigenvalue weighted by Gasteiger charge is 2.33. The van der Waals surface area contributed by atoms with Crippen molar-refractivity contribution in [1.29, 1.82) is 0 Å². The van der Waals surface area contributed by atoms with Crippen LogP contribution in [-0.2, 0) is 6.18 Å². The predicted molar refractivity (Wildman–Crippen MR) is 135 cm³/mol. The number of hydrogen-bond acceptors (Lipinski definition) is 7. The molecule has 1 aliphatic heterocycles. The Morgan fingerprint density at radius 2 is 1.84 bits per heavy atom. The Hall–Kier alpha value is -3.99. The Morgan fingerprint density at radius 3 is 2.59 bits per heavy atom. The Morgan fingerprint density at radius 1 is 1.05 bits per heavy atom. The average Bonchev–Trinajstić information content (AvgIpc) is 3.41. The number of nitrogens with one attached hydrogen (secondary N) is 2. The van der Waals surface area contributed by atoms with E-state index in [-0.39, 0.29) is 11.3 Å². The van der Waals surface area contributed by atoms with E-state index in [1.54, 1.807) is 24.4 Å². The quantitative estimate of drug-likeness (QED) is 0.329. The van der Waals surface area contributed by atoms with Crippen molar-refractivity contribution >= 4 is 51.7 Å². The summed E-state index contributed by atoms with van der Waals surface area (Å²) in [4.78, 5) is 32.7. The summed E-state index contributed by atoms with van der Waals surface area (Å²) in [5.74, 6) is 0.472. The second kappa shape index (κ2) is 9.81. The van der Waals surface area contributed by atoms with Crippen molar-refractivity contribution in [3.63, 3.8) is 0 Å². The average molecular weight is 528 g/mol. The number of amides is 1. The van der Waals surface area contributed by atoms with Gasteiger partial charge in [-0.2, -0.15) is 13.2 Å². The van der Waals surface area contributed by atoms with Crippen LogP contribution in [0.25, 0.3) is 11.0 Å². The van der Waals surface area contributed by atoms with Crippen LogP contribution in [0.4, 0.5) is 36.3 Å². The summed E-state index contributed by atoms with van der Waals surface area (Å²) in [6.07, 6.45) is 0.575. The van der Waals surface area contributed by atoms with Gasteiger partial charge in [0.1, 0.15) is 17.4 Å². The maximum absolute atomic E-state index is 13.2. The predicted octanol–water partition coefficient (Wildman–Crippen LogP) is 6.00.